The van der Waals surface area contributed by atoms with E-state index in [1.165, 1.54) is 7.05 Å². The summed E-state index contributed by atoms with van der Waals surface area (Å²) in [7, 11) is 1.38. The summed E-state index contributed by atoms with van der Waals surface area (Å²) in [5, 5.41) is 6.34. The largest absolute Gasteiger partial charge is 0.385 e. The van der Waals surface area contributed by atoms with Crippen molar-refractivity contribution < 1.29 is 13.2 Å². The van der Waals surface area contributed by atoms with Crippen LogP contribution in [0.1, 0.15) is 12.0 Å². The van der Waals surface area contributed by atoms with Crippen LogP contribution in [-0.2, 0) is 21.3 Å². The highest BCUT2D eigenvalue weighted by atomic mass is 32.2. The molecule has 0 saturated carbocycles. The molecule has 0 saturated heterocycles. The van der Waals surface area contributed by atoms with Gasteiger partial charge in [-0.3, -0.25) is 4.99 Å². The summed E-state index contributed by atoms with van der Waals surface area (Å²) in [6.07, 6.45) is 0.897. The van der Waals surface area contributed by atoms with Gasteiger partial charge in [-0.2, -0.15) is 0 Å². The fourth-order valence-electron chi connectivity index (χ4n) is 1.73. The molecule has 7 nitrogen and oxygen atoms in total. The first kappa shape index (κ1) is 18.4. The van der Waals surface area contributed by atoms with Crippen LogP contribution in [0.25, 0.3) is 0 Å². The van der Waals surface area contributed by atoms with E-state index in [-0.39, 0.29) is 4.90 Å². The molecule has 1 rings (SSSR count). The molecule has 0 aliphatic carbocycles. The zero-order valence-corrected chi connectivity index (χ0v) is 14.0. The Kier molecular flexibility index (Phi) is 7.86. The maximum absolute atomic E-state index is 11.6. The second-order valence-electron chi connectivity index (χ2n) is 4.55. The standard InChI is InChI=1S/C14H24N4O3S/c1-15-14(17-9-4-10-21-3)18-11-12-5-7-13(8-6-12)22(19,20)16-2/h5-8,16H,4,9-11H2,1-3H3,(H2,15,17,18). The van der Waals surface area contributed by atoms with Crippen molar-refractivity contribution in [1.29, 1.82) is 0 Å². The van der Waals surface area contributed by atoms with Gasteiger partial charge < -0.3 is 15.4 Å². The summed E-state index contributed by atoms with van der Waals surface area (Å²) in [6.45, 7) is 2.03. The van der Waals surface area contributed by atoms with Crippen LogP contribution in [0, 0.1) is 0 Å². The van der Waals surface area contributed by atoms with Gasteiger partial charge in [0.15, 0.2) is 5.96 Å². The molecule has 0 spiro atoms. The SMILES string of the molecule is CN=C(NCCCOC)NCc1ccc(S(=O)(=O)NC)cc1. The molecule has 0 aliphatic rings. The van der Waals surface area contributed by atoms with E-state index < -0.39 is 10.0 Å². The van der Waals surface area contributed by atoms with Crippen LogP contribution in [0.2, 0.25) is 0 Å². The minimum Gasteiger partial charge on any atom is -0.385 e. The smallest absolute Gasteiger partial charge is 0.240 e. The number of sulfonamides is 1. The third-order valence-electron chi connectivity index (χ3n) is 3.00. The molecule has 1 aromatic rings. The van der Waals surface area contributed by atoms with E-state index in [1.807, 2.05) is 0 Å². The van der Waals surface area contributed by atoms with Crippen LogP contribution in [0.5, 0.6) is 0 Å². The summed E-state index contributed by atoms with van der Waals surface area (Å²) in [6, 6.07) is 6.71. The molecule has 0 aliphatic heterocycles. The van der Waals surface area contributed by atoms with E-state index >= 15 is 0 Å². The molecule has 0 atom stereocenters. The first-order valence-corrected chi connectivity index (χ1v) is 8.47. The molecule has 0 fully saturated rings. The quantitative estimate of drug-likeness (QED) is 0.363. The van der Waals surface area contributed by atoms with Gasteiger partial charge in [-0.15, -0.1) is 0 Å². The number of nitrogens with one attached hydrogen (secondary N) is 3. The maximum atomic E-state index is 11.6. The number of nitrogens with zero attached hydrogens (tertiary/aromatic N) is 1. The second-order valence-corrected chi connectivity index (χ2v) is 6.44. The summed E-state index contributed by atoms with van der Waals surface area (Å²) in [4.78, 5) is 4.37. The average molecular weight is 328 g/mol. The molecule has 124 valence electrons. The molecule has 0 heterocycles. The predicted octanol–water partition coefficient (Wildman–Crippen LogP) is 0.296. The Morgan fingerprint density at radius 3 is 2.45 bits per heavy atom. The lowest BCUT2D eigenvalue weighted by Crippen LogP contribution is -2.37. The fourth-order valence-corrected chi connectivity index (χ4v) is 2.46. The van der Waals surface area contributed by atoms with Gasteiger partial charge in [0.25, 0.3) is 0 Å². The molecule has 1 aromatic carbocycles. The molecular formula is C14H24N4O3S. The Bertz CT molecular complexity index is 570. The molecule has 8 heteroatoms. The molecule has 3 N–H and O–H groups in total. The molecule has 0 bridgehead atoms. The van der Waals surface area contributed by atoms with E-state index in [0.29, 0.717) is 19.1 Å². The van der Waals surface area contributed by atoms with Crippen molar-refractivity contribution in [2.45, 2.75) is 17.9 Å². The number of hydrogen-bond acceptors (Lipinski definition) is 4. The minimum atomic E-state index is -3.39. The lowest BCUT2D eigenvalue weighted by atomic mass is 10.2. The van der Waals surface area contributed by atoms with Crippen molar-refractivity contribution in [3.05, 3.63) is 29.8 Å². The number of guanidine groups is 1. The predicted molar refractivity (Wildman–Crippen MR) is 87.4 cm³/mol. The van der Waals surface area contributed by atoms with Gasteiger partial charge in [0.1, 0.15) is 0 Å². The zero-order valence-electron chi connectivity index (χ0n) is 13.2. The topological polar surface area (TPSA) is 91.8 Å². The Morgan fingerprint density at radius 1 is 1.23 bits per heavy atom. The highest BCUT2D eigenvalue weighted by Gasteiger charge is 2.10. The van der Waals surface area contributed by atoms with E-state index in [2.05, 4.69) is 20.3 Å². The van der Waals surface area contributed by atoms with Crippen molar-refractivity contribution in [3.8, 4) is 0 Å². The van der Waals surface area contributed by atoms with Crippen LogP contribution in [0.15, 0.2) is 34.2 Å². The van der Waals surface area contributed by atoms with E-state index in [0.717, 1.165) is 18.5 Å². The number of aliphatic imine (C=N–C) groups is 1. The van der Waals surface area contributed by atoms with Crippen molar-refractivity contribution in [3.63, 3.8) is 0 Å². The maximum Gasteiger partial charge on any atom is 0.240 e. The first-order valence-electron chi connectivity index (χ1n) is 6.99. The zero-order chi connectivity index (χ0) is 16.4. The van der Waals surface area contributed by atoms with E-state index in [4.69, 9.17) is 4.74 Å². The number of methoxy groups -OCH3 is 1. The van der Waals surface area contributed by atoms with Gasteiger partial charge in [-0.05, 0) is 31.2 Å². The number of ether oxygens (including phenoxy) is 1. The summed E-state index contributed by atoms with van der Waals surface area (Å²) in [5.74, 6) is 0.697. The Labute approximate surface area is 132 Å². The van der Waals surface area contributed by atoms with Crippen molar-refractivity contribution in [2.75, 3.05) is 34.4 Å². The molecule has 22 heavy (non-hydrogen) atoms. The van der Waals surface area contributed by atoms with Crippen molar-refractivity contribution >= 4 is 16.0 Å². The Balaban J connectivity index is 2.50. The third kappa shape index (κ3) is 6.00. The van der Waals surface area contributed by atoms with Crippen molar-refractivity contribution in [2.24, 2.45) is 4.99 Å². The normalized spacial score (nSPS) is 12.2. The van der Waals surface area contributed by atoms with Crippen LogP contribution < -0.4 is 15.4 Å². The van der Waals surface area contributed by atoms with Gasteiger partial charge in [-0.1, -0.05) is 12.1 Å². The summed E-state index contributed by atoms with van der Waals surface area (Å²) < 4.78 is 30.5. The number of hydrogen-bond donors (Lipinski definition) is 3. The third-order valence-corrected chi connectivity index (χ3v) is 4.43. The van der Waals surface area contributed by atoms with Gasteiger partial charge >= 0.3 is 0 Å². The van der Waals surface area contributed by atoms with Gasteiger partial charge in [0, 0.05) is 33.9 Å². The van der Waals surface area contributed by atoms with E-state index in [9.17, 15) is 8.42 Å². The van der Waals surface area contributed by atoms with Crippen LogP contribution >= 0.6 is 0 Å². The monoisotopic (exact) mass is 328 g/mol. The molecule has 0 unspecified atom stereocenters. The average Bonchev–Trinajstić information content (AvgIpc) is 2.54. The summed E-state index contributed by atoms with van der Waals surface area (Å²) in [5.41, 5.74) is 0.967. The number of benzene rings is 1. The van der Waals surface area contributed by atoms with Crippen molar-refractivity contribution in [1.82, 2.24) is 15.4 Å². The van der Waals surface area contributed by atoms with Gasteiger partial charge in [0.2, 0.25) is 10.0 Å². The van der Waals surface area contributed by atoms with Gasteiger partial charge in [0.05, 0.1) is 4.90 Å². The molecule has 0 aromatic heterocycles. The molecular weight excluding hydrogens is 304 g/mol. The lowest BCUT2D eigenvalue weighted by molar-refractivity contribution is 0.195. The second kappa shape index (κ2) is 9.39. The summed E-state index contributed by atoms with van der Waals surface area (Å²) >= 11 is 0. The lowest BCUT2D eigenvalue weighted by Gasteiger charge is -2.12. The number of rotatable bonds is 8. The minimum absolute atomic E-state index is 0.251. The Hall–Kier alpha value is -1.64. The first-order chi connectivity index (χ1) is 10.5. The van der Waals surface area contributed by atoms with E-state index in [1.54, 1.807) is 38.4 Å². The Morgan fingerprint density at radius 2 is 1.91 bits per heavy atom. The molecule has 0 amide bonds. The highest BCUT2D eigenvalue weighted by molar-refractivity contribution is 7.89. The van der Waals surface area contributed by atoms with Crippen LogP contribution in [-0.4, -0.2) is 48.7 Å². The fraction of sp³-hybridized carbons (Fsp3) is 0.500. The van der Waals surface area contributed by atoms with Crippen LogP contribution in [0.4, 0.5) is 0 Å². The molecule has 0 radical (unpaired) electrons. The highest BCUT2D eigenvalue weighted by Crippen LogP contribution is 2.09. The van der Waals surface area contributed by atoms with Crippen LogP contribution in [0.3, 0.4) is 0 Å². The van der Waals surface area contributed by atoms with Gasteiger partial charge in [-0.25, -0.2) is 13.1 Å².